The van der Waals surface area contributed by atoms with E-state index in [1.807, 2.05) is 18.2 Å². The number of ether oxygens (including phenoxy) is 2. The van der Waals surface area contributed by atoms with Crippen LogP contribution in [-0.4, -0.2) is 19.8 Å². The van der Waals surface area contributed by atoms with Crippen molar-refractivity contribution in [1.82, 2.24) is 0 Å². The Labute approximate surface area is 97.0 Å². The minimum absolute atomic E-state index is 0.164. The lowest BCUT2D eigenvalue weighted by Gasteiger charge is -2.19. The summed E-state index contributed by atoms with van der Waals surface area (Å²) < 4.78 is 10.6. The van der Waals surface area contributed by atoms with Crippen LogP contribution in [0.2, 0.25) is 0 Å². The molecular weight excluding hydrogens is 204 g/mol. The molecule has 0 fully saturated rings. The monoisotopic (exact) mass is 223 g/mol. The molecule has 0 amide bonds. The highest BCUT2D eigenvalue weighted by molar-refractivity contribution is 5.43. The van der Waals surface area contributed by atoms with Gasteiger partial charge in [-0.15, -0.1) is 0 Å². The predicted octanol–water partition coefficient (Wildman–Crippen LogP) is 1.95. The summed E-state index contributed by atoms with van der Waals surface area (Å²) in [7, 11) is 1.60. The maximum absolute atomic E-state index is 10.9. The molecule has 0 radical (unpaired) electrons. The Kier molecular flexibility index (Phi) is 4.62. The van der Waals surface area contributed by atoms with Gasteiger partial charge in [-0.1, -0.05) is 32.9 Å². The van der Waals surface area contributed by atoms with Crippen molar-refractivity contribution < 1.29 is 14.6 Å². The van der Waals surface area contributed by atoms with Gasteiger partial charge in [0.2, 0.25) is 0 Å². The zero-order chi connectivity index (χ0) is 12.1. The van der Waals surface area contributed by atoms with Crippen molar-refractivity contribution in [2.75, 3.05) is 13.7 Å². The summed E-state index contributed by atoms with van der Waals surface area (Å²) >= 11 is 0. The molecule has 1 aromatic carbocycles. The summed E-state index contributed by atoms with van der Waals surface area (Å²) in [6, 6.07) is 5.81. The molecular formula is C13H19O3-. The fourth-order valence-electron chi connectivity index (χ4n) is 1.37. The topological polar surface area (TPSA) is 41.5 Å². The lowest BCUT2D eigenvalue weighted by molar-refractivity contribution is -0.417. The van der Waals surface area contributed by atoms with Crippen LogP contribution in [0.25, 0.3) is 0 Å². The summed E-state index contributed by atoms with van der Waals surface area (Å²) in [5.41, 5.74) is 1.19. The molecule has 0 heterocycles. The van der Waals surface area contributed by atoms with E-state index in [4.69, 9.17) is 9.47 Å². The van der Waals surface area contributed by atoms with Crippen LogP contribution in [-0.2, 0) is 0 Å². The minimum Gasteiger partial charge on any atom is -0.850 e. The average Bonchev–Trinajstić information content (AvgIpc) is 2.25. The molecule has 0 aliphatic carbocycles. The summed E-state index contributed by atoms with van der Waals surface area (Å²) in [5, 5.41) is 10.9. The van der Waals surface area contributed by atoms with Gasteiger partial charge in [0.05, 0.1) is 13.7 Å². The van der Waals surface area contributed by atoms with Crippen LogP contribution in [0, 0.1) is 0 Å². The molecule has 1 aromatic rings. The fourth-order valence-corrected chi connectivity index (χ4v) is 1.37. The number of benzene rings is 1. The van der Waals surface area contributed by atoms with Gasteiger partial charge in [-0.3, -0.25) is 0 Å². The highest BCUT2D eigenvalue weighted by Gasteiger charge is 2.07. The smallest absolute Gasteiger partial charge is 0.161 e. The van der Waals surface area contributed by atoms with Gasteiger partial charge in [0.25, 0.3) is 0 Å². The van der Waals surface area contributed by atoms with Gasteiger partial charge in [0, 0.05) is 0 Å². The van der Waals surface area contributed by atoms with Crippen molar-refractivity contribution in [3.8, 4) is 11.5 Å². The number of hydrogen-bond donors (Lipinski definition) is 0. The summed E-state index contributed by atoms with van der Waals surface area (Å²) in [6.07, 6.45) is -0.727. The van der Waals surface area contributed by atoms with Crippen molar-refractivity contribution in [2.24, 2.45) is 0 Å². The molecule has 1 atom stereocenters. The Morgan fingerprint density at radius 1 is 1.19 bits per heavy atom. The molecule has 0 aliphatic heterocycles. The molecule has 3 heteroatoms. The van der Waals surface area contributed by atoms with Crippen LogP contribution in [0.5, 0.6) is 11.5 Å². The van der Waals surface area contributed by atoms with E-state index in [9.17, 15) is 5.11 Å². The summed E-state index contributed by atoms with van der Waals surface area (Å²) in [5.74, 6) is 1.77. The van der Waals surface area contributed by atoms with E-state index in [0.717, 1.165) is 0 Å². The average molecular weight is 223 g/mol. The van der Waals surface area contributed by atoms with E-state index in [-0.39, 0.29) is 6.61 Å². The van der Waals surface area contributed by atoms with Crippen LogP contribution in [0.1, 0.15) is 32.3 Å². The summed E-state index contributed by atoms with van der Waals surface area (Å²) in [6.45, 7) is 5.98. The van der Waals surface area contributed by atoms with Crippen LogP contribution in [0.15, 0.2) is 18.2 Å². The molecule has 0 saturated heterocycles. The van der Waals surface area contributed by atoms with Crippen molar-refractivity contribution in [1.29, 1.82) is 0 Å². The molecule has 1 unspecified atom stereocenters. The van der Waals surface area contributed by atoms with Gasteiger partial charge in [0.1, 0.15) is 0 Å². The Bertz CT molecular complexity index is 332. The van der Waals surface area contributed by atoms with Crippen molar-refractivity contribution in [3.05, 3.63) is 23.8 Å². The Balaban J connectivity index is 2.84. The third-order valence-electron chi connectivity index (χ3n) is 2.33. The maximum Gasteiger partial charge on any atom is 0.161 e. The van der Waals surface area contributed by atoms with E-state index in [1.165, 1.54) is 5.56 Å². The first-order chi connectivity index (χ1) is 7.54. The molecule has 0 aromatic heterocycles. The van der Waals surface area contributed by atoms with Gasteiger partial charge in [-0.05, 0) is 23.6 Å². The molecule has 0 aliphatic rings. The quantitative estimate of drug-likeness (QED) is 0.766. The van der Waals surface area contributed by atoms with Gasteiger partial charge < -0.3 is 14.6 Å². The van der Waals surface area contributed by atoms with Gasteiger partial charge >= 0.3 is 0 Å². The van der Waals surface area contributed by atoms with E-state index < -0.39 is 6.10 Å². The fraction of sp³-hybridized carbons (Fsp3) is 0.538. The molecule has 0 bridgehead atoms. The third-order valence-corrected chi connectivity index (χ3v) is 2.33. The van der Waals surface area contributed by atoms with Crippen molar-refractivity contribution in [3.63, 3.8) is 0 Å². The molecule has 0 N–H and O–H groups in total. The second-order valence-electron chi connectivity index (χ2n) is 4.19. The second kappa shape index (κ2) is 5.75. The van der Waals surface area contributed by atoms with Crippen molar-refractivity contribution >= 4 is 0 Å². The highest BCUT2D eigenvalue weighted by atomic mass is 16.5. The Morgan fingerprint density at radius 3 is 2.38 bits per heavy atom. The van der Waals surface area contributed by atoms with Gasteiger partial charge in [-0.2, -0.15) is 0 Å². The third kappa shape index (κ3) is 3.42. The van der Waals surface area contributed by atoms with Crippen LogP contribution in [0.3, 0.4) is 0 Å². The van der Waals surface area contributed by atoms with E-state index in [2.05, 4.69) is 13.8 Å². The molecule has 90 valence electrons. The van der Waals surface area contributed by atoms with Crippen LogP contribution >= 0.6 is 0 Å². The van der Waals surface area contributed by atoms with Gasteiger partial charge in [-0.25, -0.2) is 0 Å². The van der Waals surface area contributed by atoms with E-state index >= 15 is 0 Å². The molecule has 16 heavy (non-hydrogen) atoms. The Morgan fingerprint density at radius 2 is 1.88 bits per heavy atom. The first-order valence-corrected chi connectivity index (χ1v) is 5.51. The lowest BCUT2D eigenvalue weighted by atomic mass is 10.0. The molecule has 3 nitrogen and oxygen atoms in total. The van der Waals surface area contributed by atoms with Gasteiger partial charge in [0.15, 0.2) is 11.5 Å². The molecule has 1 rings (SSSR count). The van der Waals surface area contributed by atoms with Crippen LogP contribution in [0.4, 0.5) is 0 Å². The molecule has 0 saturated carbocycles. The van der Waals surface area contributed by atoms with E-state index in [0.29, 0.717) is 17.4 Å². The zero-order valence-electron chi connectivity index (χ0n) is 10.3. The standard InChI is InChI=1S/C13H19O3/c1-9(2)11-5-6-12(13(7-11)15-4)16-8-10(3)14/h5-7,9-10H,8H2,1-4H3/q-1. The highest BCUT2D eigenvalue weighted by Crippen LogP contribution is 2.30. The lowest BCUT2D eigenvalue weighted by Crippen LogP contribution is -2.28. The number of hydrogen-bond acceptors (Lipinski definition) is 3. The second-order valence-corrected chi connectivity index (χ2v) is 4.19. The van der Waals surface area contributed by atoms with Crippen LogP contribution < -0.4 is 14.6 Å². The SMILES string of the molecule is COc1cc(C(C)C)ccc1OCC(C)[O-]. The summed E-state index contributed by atoms with van der Waals surface area (Å²) in [4.78, 5) is 0. The number of rotatable bonds is 5. The minimum atomic E-state index is -0.727. The van der Waals surface area contributed by atoms with Crippen molar-refractivity contribution in [2.45, 2.75) is 32.8 Å². The Hall–Kier alpha value is -1.22. The largest absolute Gasteiger partial charge is 0.850 e. The number of methoxy groups -OCH3 is 1. The van der Waals surface area contributed by atoms with E-state index in [1.54, 1.807) is 14.0 Å². The zero-order valence-corrected chi connectivity index (χ0v) is 10.3. The predicted molar refractivity (Wildman–Crippen MR) is 62.0 cm³/mol. The maximum atomic E-state index is 10.9. The molecule has 0 spiro atoms. The first kappa shape index (κ1) is 12.8. The normalized spacial score (nSPS) is 12.6. The first-order valence-electron chi connectivity index (χ1n) is 5.51.